The highest BCUT2D eigenvalue weighted by molar-refractivity contribution is 5.76. The molecule has 0 aromatic carbocycles. The molecule has 4 nitrogen and oxygen atoms in total. The van der Waals surface area contributed by atoms with Crippen LogP contribution in [-0.2, 0) is 11.3 Å². The summed E-state index contributed by atoms with van der Waals surface area (Å²) < 4.78 is 1.75. The molecule has 0 radical (unpaired) electrons. The zero-order valence-electron chi connectivity index (χ0n) is 10.0. The van der Waals surface area contributed by atoms with Crippen LogP contribution in [0.5, 0.6) is 0 Å². The molecule has 1 N–H and O–H groups in total. The Morgan fingerprint density at radius 1 is 1.56 bits per heavy atom. The molecule has 0 aliphatic heterocycles. The Hall–Kier alpha value is -1.76. The summed E-state index contributed by atoms with van der Waals surface area (Å²) in [7, 11) is 0. The van der Waals surface area contributed by atoms with E-state index in [0.717, 1.165) is 17.7 Å². The van der Waals surface area contributed by atoms with Gasteiger partial charge in [-0.25, -0.2) is 0 Å². The lowest BCUT2D eigenvalue weighted by atomic mass is 10.3. The minimum absolute atomic E-state index is 0.0444. The van der Waals surface area contributed by atoms with E-state index >= 15 is 0 Å². The minimum atomic E-state index is -0.0444. The van der Waals surface area contributed by atoms with Crippen molar-refractivity contribution >= 4 is 5.91 Å². The Kier molecular flexibility index (Phi) is 4.12. The van der Waals surface area contributed by atoms with Crippen LogP contribution in [0.1, 0.15) is 30.3 Å². The molecular weight excluding hydrogens is 202 g/mol. The Balaban J connectivity index is 2.81. The Bertz CT molecular complexity index is 426. The SMILES string of the molecule is CCCNC(=O)Cn1c(C)cc(C)c1C#N. The van der Waals surface area contributed by atoms with Crippen molar-refractivity contribution in [2.45, 2.75) is 33.7 Å². The molecule has 0 saturated heterocycles. The van der Waals surface area contributed by atoms with E-state index in [-0.39, 0.29) is 12.5 Å². The second-order valence-corrected chi connectivity index (χ2v) is 3.87. The average molecular weight is 219 g/mol. The van der Waals surface area contributed by atoms with Crippen molar-refractivity contribution in [2.75, 3.05) is 6.54 Å². The van der Waals surface area contributed by atoms with E-state index in [2.05, 4.69) is 11.4 Å². The van der Waals surface area contributed by atoms with Crippen molar-refractivity contribution < 1.29 is 4.79 Å². The molecule has 1 heterocycles. The number of amides is 1. The van der Waals surface area contributed by atoms with Crippen molar-refractivity contribution in [3.8, 4) is 6.07 Å². The summed E-state index contributed by atoms with van der Waals surface area (Å²) in [4.78, 5) is 11.6. The lowest BCUT2D eigenvalue weighted by Crippen LogP contribution is -2.28. The van der Waals surface area contributed by atoms with E-state index in [1.807, 2.05) is 26.8 Å². The van der Waals surface area contributed by atoms with Gasteiger partial charge in [-0.15, -0.1) is 0 Å². The summed E-state index contributed by atoms with van der Waals surface area (Å²) in [6, 6.07) is 4.05. The fourth-order valence-corrected chi connectivity index (χ4v) is 1.67. The molecule has 4 heteroatoms. The molecule has 1 rings (SSSR count). The number of nitrogens with one attached hydrogen (secondary N) is 1. The molecule has 0 aliphatic carbocycles. The fraction of sp³-hybridized carbons (Fsp3) is 0.500. The number of carbonyl (C=O) groups is 1. The Morgan fingerprint density at radius 3 is 2.81 bits per heavy atom. The highest BCUT2D eigenvalue weighted by atomic mass is 16.1. The summed E-state index contributed by atoms with van der Waals surface area (Å²) in [5, 5.41) is 11.8. The van der Waals surface area contributed by atoms with Crippen LogP contribution in [0.15, 0.2) is 6.07 Å². The first-order valence-corrected chi connectivity index (χ1v) is 5.43. The van der Waals surface area contributed by atoms with Gasteiger partial charge >= 0.3 is 0 Å². The van der Waals surface area contributed by atoms with E-state index in [1.165, 1.54) is 0 Å². The van der Waals surface area contributed by atoms with Crippen molar-refractivity contribution in [3.05, 3.63) is 23.0 Å². The lowest BCUT2D eigenvalue weighted by molar-refractivity contribution is -0.121. The average Bonchev–Trinajstić information content (AvgIpc) is 2.50. The van der Waals surface area contributed by atoms with Gasteiger partial charge in [-0.2, -0.15) is 5.26 Å². The largest absolute Gasteiger partial charge is 0.355 e. The number of rotatable bonds is 4. The number of nitrogens with zero attached hydrogens (tertiary/aromatic N) is 2. The third kappa shape index (κ3) is 2.63. The molecule has 0 aliphatic rings. The standard InChI is InChI=1S/C12H17N3O/c1-4-5-14-12(16)8-15-10(3)6-9(2)11(15)7-13/h6H,4-5,8H2,1-3H3,(H,14,16). The molecule has 0 fully saturated rings. The van der Waals surface area contributed by atoms with Crippen LogP contribution in [0.2, 0.25) is 0 Å². The van der Waals surface area contributed by atoms with E-state index in [1.54, 1.807) is 4.57 Å². The van der Waals surface area contributed by atoms with E-state index in [9.17, 15) is 4.79 Å². The van der Waals surface area contributed by atoms with E-state index in [4.69, 9.17) is 5.26 Å². The summed E-state index contributed by atoms with van der Waals surface area (Å²) in [5.74, 6) is -0.0444. The van der Waals surface area contributed by atoms with Crippen LogP contribution in [0.4, 0.5) is 0 Å². The third-order valence-electron chi connectivity index (χ3n) is 2.47. The van der Waals surface area contributed by atoms with Gasteiger partial charge in [0.05, 0.1) is 0 Å². The molecule has 0 atom stereocenters. The maximum atomic E-state index is 11.6. The summed E-state index contributed by atoms with van der Waals surface area (Å²) in [6.07, 6.45) is 0.917. The molecule has 0 saturated carbocycles. The Labute approximate surface area is 95.9 Å². The number of aryl methyl sites for hydroxylation is 2. The van der Waals surface area contributed by atoms with Crippen molar-refractivity contribution in [1.82, 2.24) is 9.88 Å². The van der Waals surface area contributed by atoms with Gasteiger partial charge in [0, 0.05) is 12.2 Å². The normalized spacial score (nSPS) is 9.88. The molecule has 16 heavy (non-hydrogen) atoms. The number of hydrogen-bond acceptors (Lipinski definition) is 2. The molecule has 1 aromatic heterocycles. The first-order chi connectivity index (χ1) is 7.60. The van der Waals surface area contributed by atoms with Gasteiger partial charge in [0.15, 0.2) is 0 Å². The number of hydrogen-bond donors (Lipinski definition) is 1. The van der Waals surface area contributed by atoms with Crippen LogP contribution < -0.4 is 5.32 Å². The Morgan fingerprint density at radius 2 is 2.25 bits per heavy atom. The fourth-order valence-electron chi connectivity index (χ4n) is 1.67. The minimum Gasteiger partial charge on any atom is -0.355 e. The van der Waals surface area contributed by atoms with E-state index in [0.29, 0.717) is 12.2 Å². The van der Waals surface area contributed by atoms with Crippen molar-refractivity contribution in [3.63, 3.8) is 0 Å². The van der Waals surface area contributed by atoms with E-state index < -0.39 is 0 Å². The summed E-state index contributed by atoms with van der Waals surface area (Å²) >= 11 is 0. The second kappa shape index (κ2) is 5.36. The maximum absolute atomic E-state index is 11.6. The summed E-state index contributed by atoms with van der Waals surface area (Å²) in [5.41, 5.74) is 2.44. The number of nitriles is 1. The van der Waals surface area contributed by atoms with Gasteiger partial charge < -0.3 is 9.88 Å². The predicted octanol–water partition coefficient (Wildman–Crippen LogP) is 1.50. The van der Waals surface area contributed by atoms with Crippen molar-refractivity contribution in [1.29, 1.82) is 5.26 Å². The maximum Gasteiger partial charge on any atom is 0.239 e. The quantitative estimate of drug-likeness (QED) is 0.834. The van der Waals surface area contributed by atoms with Crippen molar-refractivity contribution in [2.24, 2.45) is 0 Å². The summed E-state index contributed by atoms with van der Waals surface area (Å²) in [6.45, 7) is 6.70. The van der Waals surface area contributed by atoms with Crippen LogP contribution >= 0.6 is 0 Å². The topological polar surface area (TPSA) is 57.8 Å². The number of carbonyl (C=O) groups excluding carboxylic acids is 1. The molecule has 0 bridgehead atoms. The van der Waals surface area contributed by atoms with Gasteiger partial charge in [-0.1, -0.05) is 6.92 Å². The molecular formula is C12H17N3O. The zero-order valence-corrected chi connectivity index (χ0v) is 10.0. The van der Waals surface area contributed by atoms with Crippen LogP contribution in [-0.4, -0.2) is 17.0 Å². The van der Waals surface area contributed by atoms with Crippen LogP contribution in [0.3, 0.4) is 0 Å². The van der Waals surface area contributed by atoms with Gasteiger partial charge in [0.25, 0.3) is 0 Å². The van der Waals surface area contributed by atoms with Gasteiger partial charge in [-0.3, -0.25) is 4.79 Å². The van der Waals surface area contributed by atoms with Crippen LogP contribution in [0.25, 0.3) is 0 Å². The smallest absolute Gasteiger partial charge is 0.239 e. The first-order valence-electron chi connectivity index (χ1n) is 5.43. The highest BCUT2D eigenvalue weighted by Gasteiger charge is 2.11. The molecule has 0 unspecified atom stereocenters. The second-order valence-electron chi connectivity index (χ2n) is 3.87. The van der Waals surface area contributed by atoms with Crippen LogP contribution in [0, 0.1) is 25.2 Å². The predicted molar refractivity (Wildman–Crippen MR) is 61.9 cm³/mol. The van der Waals surface area contributed by atoms with Gasteiger partial charge in [0.2, 0.25) is 5.91 Å². The molecule has 0 spiro atoms. The highest BCUT2D eigenvalue weighted by Crippen LogP contribution is 2.13. The number of aromatic nitrogens is 1. The molecule has 1 amide bonds. The van der Waals surface area contributed by atoms with Gasteiger partial charge in [-0.05, 0) is 31.9 Å². The third-order valence-corrected chi connectivity index (χ3v) is 2.47. The zero-order chi connectivity index (χ0) is 12.1. The molecule has 1 aromatic rings. The molecule has 86 valence electrons. The lowest BCUT2D eigenvalue weighted by Gasteiger charge is -2.08. The van der Waals surface area contributed by atoms with Gasteiger partial charge in [0.1, 0.15) is 18.3 Å². The monoisotopic (exact) mass is 219 g/mol. The first kappa shape index (κ1) is 12.3.